The molecule has 0 saturated carbocycles. The largest absolute Gasteiger partial charge is 0.573 e. The van der Waals surface area contributed by atoms with Crippen molar-refractivity contribution in [1.29, 1.82) is 0 Å². The van der Waals surface area contributed by atoms with Crippen molar-refractivity contribution in [2.24, 2.45) is 0 Å². The van der Waals surface area contributed by atoms with E-state index >= 15 is 0 Å². The monoisotopic (exact) mass is 385 g/mol. The minimum atomic E-state index is -4.78. The van der Waals surface area contributed by atoms with Gasteiger partial charge in [0.15, 0.2) is 0 Å². The number of alkyl halides is 3. The summed E-state index contributed by atoms with van der Waals surface area (Å²) in [7, 11) is 0. The second-order valence-corrected chi connectivity index (χ2v) is 6.24. The first-order chi connectivity index (χ1) is 12.7. The average molecular weight is 385 g/mol. The van der Waals surface area contributed by atoms with Crippen LogP contribution in [0.3, 0.4) is 0 Å². The third kappa shape index (κ3) is 4.61. The molecule has 0 bridgehead atoms. The van der Waals surface area contributed by atoms with Crippen LogP contribution in [0.4, 0.5) is 23.2 Å². The number of nitrogens with zero attached hydrogens (tertiary/aromatic N) is 1. The van der Waals surface area contributed by atoms with Crippen LogP contribution in [0.2, 0.25) is 0 Å². The van der Waals surface area contributed by atoms with Gasteiger partial charge in [-0.1, -0.05) is 12.1 Å². The molecule has 146 valence electrons. The Hall–Kier alpha value is -2.52. The Labute approximate surface area is 153 Å². The topological polar surface area (TPSA) is 70.8 Å². The summed E-state index contributed by atoms with van der Waals surface area (Å²) in [6.45, 7) is 2.61. The van der Waals surface area contributed by atoms with Gasteiger partial charge >= 0.3 is 6.36 Å². The van der Waals surface area contributed by atoms with Crippen molar-refractivity contribution < 1.29 is 27.4 Å². The summed E-state index contributed by atoms with van der Waals surface area (Å²) in [5, 5.41) is 13.6. The van der Waals surface area contributed by atoms with Gasteiger partial charge < -0.3 is 20.9 Å². The zero-order valence-corrected chi connectivity index (χ0v) is 14.3. The van der Waals surface area contributed by atoms with Crippen LogP contribution in [0.1, 0.15) is 17.2 Å². The molecule has 1 aliphatic rings. The molecule has 1 aliphatic heterocycles. The molecular formula is C18H19F4N3O2. The SMILES string of the molecule is Nc1cc(F)cc([C@H](c2ccc(OC(F)(F)F)cc2)N2CCNCC2)c1O. The fourth-order valence-corrected chi connectivity index (χ4v) is 3.23. The number of hydrogen-bond donors (Lipinski definition) is 3. The number of nitrogens with two attached hydrogens (primary N) is 1. The molecule has 27 heavy (non-hydrogen) atoms. The molecular weight excluding hydrogens is 366 g/mol. The van der Waals surface area contributed by atoms with Crippen molar-refractivity contribution in [3.8, 4) is 11.5 Å². The standard InChI is InChI=1S/C18H19F4N3O2/c19-12-9-14(17(26)15(23)10-12)16(25-7-5-24-6-8-25)11-1-3-13(4-2-11)27-18(20,21)22/h1-4,9-10,16,24,26H,5-8,23H2/t16-/m0/s1. The summed E-state index contributed by atoms with van der Waals surface area (Å²) in [6, 6.07) is 6.97. The number of halogens is 4. The van der Waals surface area contributed by atoms with Gasteiger partial charge in [0.25, 0.3) is 0 Å². The molecule has 0 radical (unpaired) electrons. The quantitative estimate of drug-likeness (QED) is 0.429. The van der Waals surface area contributed by atoms with E-state index in [0.29, 0.717) is 31.7 Å². The van der Waals surface area contributed by atoms with Crippen LogP contribution in [0.25, 0.3) is 0 Å². The Kier molecular flexibility index (Phi) is 5.43. The van der Waals surface area contributed by atoms with E-state index in [1.54, 1.807) is 0 Å². The minimum Gasteiger partial charge on any atom is -0.505 e. The predicted molar refractivity (Wildman–Crippen MR) is 91.9 cm³/mol. The molecule has 9 heteroatoms. The Morgan fingerprint density at radius 1 is 1.11 bits per heavy atom. The first kappa shape index (κ1) is 19.2. The number of nitrogens with one attached hydrogen (secondary N) is 1. The smallest absolute Gasteiger partial charge is 0.505 e. The van der Waals surface area contributed by atoms with Crippen molar-refractivity contribution in [3.05, 3.63) is 53.3 Å². The van der Waals surface area contributed by atoms with Crippen LogP contribution in [0.5, 0.6) is 11.5 Å². The van der Waals surface area contributed by atoms with Crippen LogP contribution in [0, 0.1) is 5.82 Å². The summed E-state index contributed by atoms with van der Waals surface area (Å²) < 4.78 is 54.9. The number of ether oxygens (including phenoxy) is 1. The molecule has 3 rings (SSSR count). The van der Waals surface area contributed by atoms with Crippen LogP contribution in [-0.4, -0.2) is 42.5 Å². The number of anilines is 1. The van der Waals surface area contributed by atoms with Crippen LogP contribution in [0.15, 0.2) is 36.4 Å². The number of rotatable bonds is 4. The molecule has 1 heterocycles. The zero-order chi connectivity index (χ0) is 19.6. The molecule has 0 aliphatic carbocycles. The van der Waals surface area contributed by atoms with Crippen LogP contribution >= 0.6 is 0 Å². The Bertz CT molecular complexity index is 790. The van der Waals surface area contributed by atoms with E-state index in [2.05, 4.69) is 10.1 Å². The number of piperazine rings is 1. The number of phenolic OH excluding ortho intramolecular Hbond substituents is 1. The highest BCUT2D eigenvalue weighted by atomic mass is 19.4. The van der Waals surface area contributed by atoms with Gasteiger partial charge in [-0.2, -0.15) is 0 Å². The second kappa shape index (κ2) is 7.61. The molecule has 1 fully saturated rings. The summed E-state index contributed by atoms with van der Waals surface area (Å²) in [5.74, 6) is -1.19. The molecule has 0 spiro atoms. The number of nitrogen functional groups attached to an aromatic ring is 1. The molecule has 2 aromatic carbocycles. The number of phenols is 1. The van der Waals surface area contributed by atoms with Crippen molar-refractivity contribution in [1.82, 2.24) is 10.2 Å². The van der Waals surface area contributed by atoms with Crippen molar-refractivity contribution in [2.75, 3.05) is 31.9 Å². The third-order valence-electron chi connectivity index (χ3n) is 4.37. The molecule has 0 aromatic heterocycles. The highest BCUT2D eigenvalue weighted by Crippen LogP contribution is 2.38. The lowest BCUT2D eigenvalue weighted by Crippen LogP contribution is -2.45. The number of hydrogen-bond acceptors (Lipinski definition) is 5. The summed E-state index contributed by atoms with van der Waals surface area (Å²) in [5.41, 5.74) is 6.45. The van der Waals surface area contributed by atoms with Crippen LogP contribution in [-0.2, 0) is 0 Å². The lowest BCUT2D eigenvalue weighted by atomic mass is 9.94. The first-order valence-electron chi connectivity index (χ1n) is 8.33. The van der Waals surface area contributed by atoms with E-state index in [0.717, 1.165) is 6.07 Å². The number of benzene rings is 2. The average Bonchev–Trinajstić information content (AvgIpc) is 2.60. The molecule has 5 nitrogen and oxygen atoms in total. The van der Waals surface area contributed by atoms with Crippen molar-refractivity contribution in [3.63, 3.8) is 0 Å². The molecule has 1 atom stereocenters. The second-order valence-electron chi connectivity index (χ2n) is 6.24. The Balaban J connectivity index is 2.00. The van der Waals surface area contributed by atoms with Gasteiger partial charge in [0, 0.05) is 37.8 Å². The van der Waals surface area contributed by atoms with Crippen molar-refractivity contribution >= 4 is 5.69 Å². The van der Waals surface area contributed by atoms with Gasteiger partial charge in [0.1, 0.15) is 17.3 Å². The first-order valence-corrected chi connectivity index (χ1v) is 8.33. The van der Waals surface area contributed by atoms with E-state index in [-0.39, 0.29) is 22.7 Å². The minimum absolute atomic E-state index is 0.0952. The van der Waals surface area contributed by atoms with E-state index in [1.165, 1.54) is 30.3 Å². The van der Waals surface area contributed by atoms with Gasteiger partial charge in [0.05, 0.1) is 11.7 Å². The fourth-order valence-electron chi connectivity index (χ4n) is 3.23. The maximum absolute atomic E-state index is 13.9. The molecule has 0 amide bonds. The third-order valence-corrected chi connectivity index (χ3v) is 4.37. The summed E-state index contributed by atoms with van der Waals surface area (Å²) >= 11 is 0. The maximum atomic E-state index is 13.9. The zero-order valence-electron chi connectivity index (χ0n) is 14.3. The highest BCUT2D eigenvalue weighted by molar-refractivity contribution is 5.58. The summed E-state index contributed by atoms with van der Waals surface area (Å²) in [6.07, 6.45) is -4.78. The molecule has 4 N–H and O–H groups in total. The maximum Gasteiger partial charge on any atom is 0.573 e. The number of aromatic hydroxyl groups is 1. The van der Waals surface area contributed by atoms with Gasteiger partial charge in [0.2, 0.25) is 0 Å². The fraction of sp³-hybridized carbons (Fsp3) is 0.333. The summed E-state index contributed by atoms with van der Waals surface area (Å²) in [4.78, 5) is 2.00. The molecule has 0 unspecified atom stereocenters. The Morgan fingerprint density at radius 3 is 2.33 bits per heavy atom. The van der Waals surface area contributed by atoms with Gasteiger partial charge in [-0.25, -0.2) is 4.39 Å². The van der Waals surface area contributed by atoms with E-state index in [9.17, 15) is 22.7 Å². The Morgan fingerprint density at radius 2 is 1.74 bits per heavy atom. The highest BCUT2D eigenvalue weighted by Gasteiger charge is 2.32. The lowest BCUT2D eigenvalue weighted by Gasteiger charge is -2.36. The van der Waals surface area contributed by atoms with Gasteiger partial charge in [-0.05, 0) is 23.8 Å². The molecule has 2 aromatic rings. The van der Waals surface area contributed by atoms with Gasteiger partial charge in [-0.15, -0.1) is 13.2 Å². The van der Waals surface area contributed by atoms with E-state index < -0.39 is 18.2 Å². The normalized spacial score (nSPS) is 16.9. The van der Waals surface area contributed by atoms with E-state index in [4.69, 9.17) is 5.73 Å². The van der Waals surface area contributed by atoms with Gasteiger partial charge in [-0.3, -0.25) is 4.90 Å². The van der Waals surface area contributed by atoms with Crippen LogP contribution < -0.4 is 15.8 Å². The van der Waals surface area contributed by atoms with Crippen molar-refractivity contribution in [2.45, 2.75) is 12.4 Å². The predicted octanol–water partition coefficient (Wildman–Crippen LogP) is 3.01. The molecule has 1 saturated heterocycles. The lowest BCUT2D eigenvalue weighted by molar-refractivity contribution is -0.274. The van der Waals surface area contributed by atoms with E-state index in [1.807, 2.05) is 4.90 Å².